The van der Waals surface area contributed by atoms with Crippen molar-refractivity contribution in [2.45, 2.75) is 25.9 Å². The SMILES string of the molecule is COc1cc2c(c(Cl)c1OC)CC(C)NC2. The Morgan fingerprint density at radius 3 is 2.75 bits per heavy atom. The minimum atomic E-state index is 0.447. The van der Waals surface area contributed by atoms with Gasteiger partial charge < -0.3 is 14.8 Å². The van der Waals surface area contributed by atoms with Crippen molar-refractivity contribution in [3.05, 3.63) is 22.2 Å². The summed E-state index contributed by atoms with van der Waals surface area (Å²) >= 11 is 6.34. The first kappa shape index (κ1) is 11.6. The molecule has 88 valence electrons. The first-order chi connectivity index (χ1) is 7.67. The van der Waals surface area contributed by atoms with Gasteiger partial charge in [-0.1, -0.05) is 11.6 Å². The van der Waals surface area contributed by atoms with Gasteiger partial charge in [0.25, 0.3) is 0 Å². The third-order valence-electron chi connectivity index (χ3n) is 2.96. The minimum absolute atomic E-state index is 0.447. The Hall–Kier alpha value is -0.930. The summed E-state index contributed by atoms with van der Waals surface area (Å²) in [5.74, 6) is 1.33. The van der Waals surface area contributed by atoms with E-state index in [2.05, 4.69) is 12.2 Å². The number of hydrogen-bond donors (Lipinski definition) is 1. The molecule has 2 rings (SSSR count). The van der Waals surface area contributed by atoms with Gasteiger partial charge in [0.2, 0.25) is 0 Å². The second-order valence-electron chi connectivity index (χ2n) is 4.05. The predicted molar refractivity (Wildman–Crippen MR) is 64.6 cm³/mol. The van der Waals surface area contributed by atoms with E-state index in [1.807, 2.05) is 6.07 Å². The molecule has 1 aromatic carbocycles. The van der Waals surface area contributed by atoms with Crippen LogP contribution in [0.2, 0.25) is 5.02 Å². The molecule has 1 N–H and O–H groups in total. The van der Waals surface area contributed by atoms with Crippen molar-refractivity contribution < 1.29 is 9.47 Å². The first-order valence-corrected chi connectivity index (χ1v) is 5.70. The van der Waals surface area contributed by atoms with Crippen LogP contribution in [-0.2, 0) is 13.0 Å². The summed E-state index contributed by atoms with van der Waals surface area (Å²) in [6.45, 7) is 2.98. The summed E-state index contributed by atoms with van der Waals surface area (Å²) in [4.78, 5) is 0. The molecule has 1 aromatic rings. The van der Waals surface area contributed by atoms with Gasteiger partial charge in [0.15, 0.2) is 11.5 Å². The molecule has 1 atom stereocenters. The van der Waals surface area contributed by atoms with E-state index < -0.39 is 0 Å². The lowest BCUT2D eigenvalue weighted by Crippen LogP contribution is -2.33. The summed E-state index contributed by atoms with van der Waals surface area (Å²) in [5, 5.41) is 4.08. The molecule has 1 aliphatic rings. The van der Waals surface area contributed by atoms with Gasteiger partial charge in [-0.25, -0.2) is 0 Å². The molecular weight excluding hydrogens is 226 g/mol. The number of fused-ring (bicyclic) bond motifs is 1. The lowest BCUT2D eigenvalue weighted by Gasteiger charge is -2.25. The number of nitrogens with one attached hydrogen (secondary N) is 1. The normalized spacial score (nSPS) is 19.1. The Kier molecular flexibility index (Phi) is 3.26. The van der Waals surface area contributed by atoms with Crippen molar-refractivity contribution in [1.82, 2.24) is 5.32 Å². The summed E-state index contributed by atoms with van der Waals surface area (Å²) in [7, 11) is 3.24. The van der Waals surface area contributed by atoms with E-state index >= 15 is 0 Å². The van der Waals surface area contributed by atoms with Crippen molar-refractivity contribution in [3.63, 3.8) is 0 Å². The predicted octanol–water partition coefficient (Wildman–Crippen LogP) is 2.39. The summed E-state index contributed by atoms with van der Waals surface area (Å²) < 4.78 is 10.6. The smallest absolute Gasteiger partial charge is 0.179 e. The molecule has 16 heavy (non-hydrogen) atoms. The maximum Gasteiger partial charge on any atom is 0.179 e. The third-order valence-corrected chi connectivity index (χ3v) is 3.36. The van der Waals surface area contributed by atoms with Gasteiger partial charge in [0.05, 0.1) is 19.2 Å². The Labute approximate surface area is 101 Å². The Balaban J connectivity index is 2.54. The molecule has 0 fully saturated rings. The third kappa shape index (κ3) is 1.85. The minimum Gasteiger partial charge on any atom is -0.493 e. The Bertz CT molecular complexity index is 406. The molecule has 0 aromatic heterocycles. The second-order valence-corrected chi connectivity index (χ2v) is 4.43. The van der Waals surface area contributed by atoms with Crippen LogP contribution in [-0.4, -0.2) is 20.3 Å². The monoisotopic (exact) mass is 241 g/mol. The average molecular weight is 242 g/mol. The highest BCUT2D eigenvalue weighted by molar-refractivity contribution is 6.33. The van der Waals surface area contributed by atoms with Gasteiger partial charge in [0.1, 0.15) is 0 Å². The molecule has 1 unspecified atom stereocenters. The van der Waals surface area contributed by atoms with Gasteiger partial charge in [-0.2, -0.15) is 0 Å². The van der Waals surface area contributed by atoms with Crippen LogP contribution in [0.5, 0.6) is 11.5 Å². The zero-order chi connectivity index (χ0) is 11.7. The molecule has 0 spiro atoms. The highest BCUT2D eigenvalue weighted by Crippen LogP contribution is 2.41. The van der Waals surface area contributed by atoms with Crippen LogP contribution in [0.25, 0.3) is 0 Å². The highest BCUT2D eigenvalue weighted by Gasteiger charge is 2.22. The van der Waals surface area contributed by atoms with Crippen molar-refractivity contribution in [1.29, 1.82) is 0 Å². The lowest BCUT2D eigenvalue weighted by molar-refractivity contribution is 0.353. The van der Waals surface area contributed by atoms with Crippen LogP contribution >= 0.6 is 11.6 Å². The molecule has 3 nitrogen and oxygen atoms in total. The molecule has 0 amide bonds. The molecule has 4 heteroatoms. The fraction of sp³-hybridized carbons (Fsp3) is 0.500. The van der Waals surface area contributed by atoms with Gasteiger partial charge in [0, 0.05) is 12.6 Å². The van der Waals surface area contributed by atoms with E-state index in [4.69, 9.17) is 21.1 Å². The van der Waals surface area contributed by atoms with E-state index in [-0.39, 0.29) is 0 Å². The maximum atomic E-state index is 6.34. The standard InChI is InChI=1S/C12H16ClNO2/c1-7-4-9-8(6-14-7)5-10(15-2)12(16-3)11(9)13/h5,7,14H,4,6H2,1-3H3. The molecule has 1 heterocycles. The molecule has 0 saturated carbocycles. The molecular formula is C12H16ClNO2. The molecule has 0 bridgehead atoms. The maximum absolute atomic E-state index is 6.34. The van der Waals surface area contributed by atoms with Crippen LogP contribution in [0, 0.1) is 0 Å². The summed E-state index contributed by atoms with van der Waals surface area (Å²) in [6.07, 6.45) is 0.925. The van der Waals surface area contributed by atoms with Crippen LogP contribution in [0.4, 0.5) is 0 Å². The number of methoxy groups -OCH3 is 2. The van der Waals surface area contributed by atoms with Crippen molar-refractivity contribution in [3.8, 4) is 11.5 Å². The van der Waals surface area contributed by atoms with Crippen LogP contribution in [0.15, 0.2) is 6.07 Å². The Morgan fingerprint density at radius 1 is 1.38 bits per heavy atom. The van der Waals surface area contributed by atoms with E-state index in [9.17, 15) is 0 Å². The van der Waals surface area contributed by atoms with Crippen LogP contribution in [0.3, 0.4) is 0 Å². The number of rotatable bonds is 2. The first-order valence-electron chi connectivity index (χ1n) is 5.33. The quantitative estimate of drug-likeness (QED) is 0.863. The van der Waals surface area contributed by atoms with Crippen LogP contribution < -0.4 is 14.8 Å². The zero-order valence-electron chi connectivity index (χ0n) is 9.76. The van der Waals surface area contributed by atoms with E-state index in [0.29, 0.717) is 22.6 Å². The fourth-order valence-electron chi connectivity index (χ4n) is 2.08. The topological polar surface area (TPSA) is 30.5 Å². The second kappa shape index (κ2) is 4.52. The fourth-order valence-corrected chi connectivity index (χ4v) is 2.45. The average Bonchev–Trinajstić information content (AvgIpc) is 2.29. The summed E-state index contributed by atoms with van der Waals surface area (Å²) in [5.41, 5.74) is 2.37. The van der Waals surface area contributed by atoms with Gasteiger partial charge in [-0.3, -0.25) is 0 Å². The van der Waals surface area contributed by atoms with Gasteiger partial charge >= 0.3 is 0 Å². The van der Waals surface area contributed by atoms with Crippen molar-refractivity contribution in [2.24, 2.45) is 0 Å². The van der Waals surface area contributed by atoms with Gasteiger partial charge in [-0.15, -0.1) is 0 Å². The van der Waals surface area contributed by atoms with Crippen molar-refractivity contribution in [2.75, 3.05) is 14.2 Å². The molecule has 0 radical (unpaired) electrons. The van der Waals surface area contributed by atoms with E-state index in [1.54, 1.807) is 14.2 Å². The number of hydrogen-bond acceptors (Lipinski definition) is 3. The molecule has 0 saturated heterocycles. The summed E-state index contributed by atoms with van der Waals surface area (Å²) in [6, 6.07) is 2.45. The zero-order valence-corrected chi connectivity index (χ0v) is 10.5. The van der Waals surface area contributed by atoms with Crippen LogP contribution in [0.1, 0.15) is 18.1 Å². The molecule has 0 aliphatic carbocycles. The van der Waals surface area contributed by atoms with Gasteiger partial charge in [-0.05, 0) is 30.5 Å². The largest absolute Gasteiger partial charge is 0.493 e. The number of benzene rings is 1. The Morgan fingerprint density at radius 2 is 2.12 bits per heavy atom. The van der Waals surface area contributed by atoms with E-state index in [1.165, 1.54) is 11.1 Å². The lowest BCUT2D eigenvalue weighted by atomic mass is 9.96. The van der Waals surface area contributed by atoms with E-state index in [0.717, 1.165) is 13.0 Å². The molecule has 1 aliphatic heterocycles. The van der Waals surface area contributed by atoms with Crippen molar-refractivity contribution >= 4 is 11.6 Å². The number of halogens is 1. The highest BCUT2D eigenvalue weighted by atomic mass is 35.5. The number of ether oxygens (including phenoxy) is 2.